The van der Waals surface area contributed by atoms with E-state index in [2.05, 4.69) is 5.32 Å². The SMILES string of the molecule is CC(C)(CO)NC(=O)CC1(N)CCCC1. The number of nitrogens with two attached hydrogens (primary N) is 1. The maximum Gasteiger partial charge on any atom is 0.222 e. The molecule has 1 amide bonds. The first-order valence-corrected chi connectivity index (χ1v) is 5.58. The molecule has 88 valence electrons. The molecule has 0 aromatic carbocycles. The molecular formula is C11H22N2O2. The summed E-state index contributed by atoms with van der Waals surface area (Å²) >= 11 is 0. The van der Waals surface area contributed by atoms with Crippen LogP contribution < -0.4 is 11.1 Å². The van der Waals surface area contributed by atoms with Gasteiger partial charge in [-0.15, -0.1) is 0 Å². The second-order valence-electron chi connectivity index (χ2n) is 5.34. The molecule has 15 heavy (non-hydrogen) atoms. The lowest BCUT2D eigenvalue weighted by molar-refractivity contribution is -0.124. The van der Waals surface area contributed by atoms with E-state index in [1.54, 1.807) is 13.8 Å². The fourth-order valence-corrected chi connectivity index (χ4v) is 2.04. The molecule has 1 rings (SSSR count). The van der Waals surface area contributed by atoms with Gasteiger partial charge in [0.05, 0.1) is 12.1 Å². The van der Waals surface area contributed by atoms with Crippen LogP contribution in [-0.2, 0) is 4.79 Å². The smallest absolute Gasteiger partial charge is 0.222 e. The minimum absolute atomic E-state index is 0.0570. The second kappa shape index (κ2) is 4.49. The number of hydrogen-bond donors (Lipinski definition) is 3. The van der Waals surface area contributed by atoms with Crippen molar-refractivity contribution in [2.75, 3.05) is 6.61 Å². The summed E-state index contributed by atoms with van der Waals surface area (Å²) in [4.78, 5) is 11.7. The van der Waals surface area contributed by atoms with Crippen LogP contribution in [0.1, 0.15) is 46.0 Å². The summed E-state index contributed by atoms with van der Waals surface area (Å²) in [7, 11) is 0. The van der Waals surface area contributed by atoms with Gasteiger partial charge in [-0.1, -0.05) is 12.8 Å². The average molecular weight is 214 g/mol. The van der Waals surface area contributed by atoms with Crippen molar-refractivity contribution in [2.24, 2.45) is 5.73 Å². The van der Waals surface area contributed by atoms with Crippen molar-refractivity contribution in [3.63, 3.8) is 0 Å². The monoisotopic (exact) mass is 214 g/mol. The second-order valence-corrected chi connectivity index (χ2v) is 5.34. The van der Waals surface area contributed by atoms with E-state index in [1.807, 2.05) is 0 Å². The zero-order valence-electron chi connectivity index (χ0n) is 9.68. The van der Waals surface area contributed by atoms with Crippen molar-refractivity contribution in [1.29, 1.82) is 0 Å². The molecule has 0 heterocycles. The van der Waals surface area contributed by atoms with E-state index >= 15 is 0 Å². The lowest BCUT2D eigenvalue weighted by Gasteiger charge is -2.28. The number of nitrogens with one attached hydrogen (secondary N) is 1. The normalized spacial score (nSPS) is 20.3. The molecule has 0 bridgehead atoms. The van der Waals surface area contributed by atoms with Crippen molar-refractivity contribution in [3.05, 3.63) is 0 Å². The van der Waals surface area contributed by atoms with Crippen LogP contribution in [0.4, 0.5) is 0 Å². The number of rotatable bonds is 4. The molecule has 4 nitrogen and oxygen atoms in total. The predicted molar refractivity (Wildman–Crippen MR) is 59.3 cm³/mol. The van der Waals surface area contributed by atoms with Crippen LogP contribution in [0, 0.1) is 0 Å². The Bertz CT molecular complexity index is 233. The van der Waals surface area contributed by atoms with Crippen molar-refractivity contribution in [3.8, 4) is 0 Å². The number of aliphatic hydroxyl groups is 1. The highest BCUT2D eigenvalue weighted by molar-refractivity contribution is 5.78. The summed E-state index contributed by atoms with van der Waals surface area (Å²) in [5.74, 6) is -0.0570. The third kappa shape index (κ3) is 3.80. The van der Waals surface area contributed by atoms with Crippen LogP contribution in [0.15, 0.2) is 0 Å². The Kier molecular flexibility index (Phi) is 3.73. The molecule has 0 spiro atoms. The van der Waals surface area contributed by atoms with Gasteiger partial charge in [0.15, 0.2) is 0 Å². The summed E-state index contributed by atoms with van der Waals surface area (Å²) in [6.45, 7) is 3.53. The molecular weight excluding hydrogens is 192 g/mol. The zero-order chi connectivity index (χ0) is 11.5. The lowest BCUT2D eigenvalue weighted by atomic mass is 9.93. The minimum atomic E-state index is -0.550. The minimum Gasteiger partial charge on any atom is -0.394 e. The van der Waals surface area contributed by atoms with E-state index in [-0.39, 0.29) is 18.1 Å². The van der Waals surface area contributed by atoms with Gasteiger partial charge in [0.1, 0.15) is 0 Å². The highest BCUT2D eigenvalue weighted by atomic mass is 16.3. The fraction of sp³-hybridized carbons (Fsp3) is 0.909. The Labute approximate surface area is 91.2 Å². The standard InChI is InChI=1S/C11H22N2O2/c1-10(2,8-14)13-9(15)7-11(12)5-3-4-6-11/h14H,3-8,12H2,1-2H3,(H,13,15). The maximum absolute atomic E-state index is 11.7. The summed E-state index contributed by atoms with van der Waals surface area (Å²) in [5, 5.41) is 11.8. The van der Waals surface area contributed by atoms with Crippen LogP contribution in [0.5, 0.6) is 0 Å². The first-order valence-electron chi connectivity index (χ1n) is 5.58. The highest BCUT2D eigenvalue weighted by Gasteiger charge is 2.32. The molecule has 4 heteroatoms. The Balaban J connectivity index is 2.42. The first kappa shape index (κ1) is 12.5. The highest BCUT2D eigenvalue weighted by Crippen LogP contribution is 2.29. The molecule has 0 saturated heterocycles. The number of hydrogen-bond acceptors (Lipinski definition) is 3. The van der Waals surface area contributed by atoms with E-state index < -0.39 is 5.54 Å². The Hall–Kier alpha value is -0.610. The first-order chi connectivity index (χ1) is 6.87. The van der Waals surface area contributed by atoms with Crippen LogP contribution in [0.3, 0.4) is 0 Å². The van der Waals surface area contributed by atoms with E-state index in [1.165, 1.54) is 0 Å². The van der Waals surface area contributed by atoms with Gasteiger partial charge in [0.25, 0.3) is 0 Å². The maximum atomic E-state index is 11.7. The topological polar surface area (TPSA) is 75.3 Å². The quantitative estimate of drug-likeness (QED) is 0.639. The third-order valence-corrected chi connectivity index (χ3v) is 2.99. The lowest BCUT2D eigenvalue weighted by Crippen LogP contribution is -2.50. The molecule has 4 N–H and O–H groups in total. The van der Waals surface area contributed by atoms with Crippen LogP contribution >= 0.6 is 0 Å². The van der Waals surface area contributed by atoms with Gasteiger partial charge in [-0.05, 0) is 26.7 Å². The van der Waals surface area contributed by atoms with E-state index in [9.17, 15) is 4.79 Å². The van der Waals surface area contributed by atoms with Gasteiger partial charge in [-0.2, -0.15) is 0 Å². The summed E-state index contributed by atoms with van der Waals surface area (Å²) in [6, 6.07) is 0. The fourth-order valence-electron chi connectivity index (χ4n) is 2.04. The predicted octanol–water partition coefficient (Wildman–Crippen LogP) is 0.535. The van der Waals surface area contributed by atoms with Gasteiger partial charge in [-0.3, -0.25) is 4.79 Å². The molecule has 0 radical (unpaired) electrons. The van der Waals surface area contributed by atoms with E-state index in [0.29, 0.717) is 6.42 Å². The van der Waals surface area contributed by atoms with Crippen LogP contribution in [-0.4, -0.2) is 28.7 Å². The van der Waals surface area contributed by atoms with Crippen molar-refractivity contribution in [2.45, 2.75) is 57.0 Å². The van der Waals surface area contributed by atoms with Crippen molar-refractivity contribution >= 4 is 5.91 Å². The molecule has 1 fully saturated rings. The number of aliphatic hydroxyl groups excluding tert-OH is 1. The molecule has 0 aromatic heterocycles. The van der Waals surface area contributed by atoms with Gasteiger partial charge in [-0.25, -0.2) is 0 Å². The third-order valence-electron chi connectivity index (χ3n) is 2.99. The summed E-state index contributed by atoms with van der Waals surface area (Å²) < 4.78 is 0. The van der Waals surface area contributed by atoms with E-state index in [4.69, 9.17) is 10.8 Å². The molecule has 1 aliphatic carbocycles. The van der Waals surface area contributed by atoms with Crippen LogP contribution in [0.25, 0.3) is 0 Å². The van der Waals surface area contributed by atoms with Gasteiger partial charge in [0, 0.05) is 12.0 Å². The molecule has 0 atom stereocenters. The molecule has 0 aliphatic heterocycles. The molecule has 1 aliphatic rings. The van der Waals surface area contributed by atoms with Gasteiger partial charge in [0.2, 0.25) is 5.91 Å². The average Bonchev–Trinajstić information content (AvgIpc) is 2.50. The van der Waals surface area contributed by atoms with Gasteiger partial charge >= 0.3 is 0 Å². The van der Waals surface area contributed by atoms with Gasteiger partial charge < -0.3 is 16.2 Å². The number of carbonyl (C=O) groups excluding carboxylic acids is 1. The molecule has 0 aromatic rings. The summed E-state index contributed by atoms with van der Waals surface area (Å²) in [6.07, 6.45) is 4.47. The zero-order valence-corrected chi connectivity index (χ0v) is 9.68. The Morgan fingerprint density at radius 1 is 1.47 bits per heavy atom. The molecule has 0 unspecified atom stereocenters. The van der Waals surface area contributed by atoms with Crippen molar-refractivity contribution in [1.82, 2.24) is 5.32 Å². The molecule has 1 saturated carbocycles. The Morgan fingerprint density at radius 2 is 2.00 bits per heavy atom. The largest absolute Gasteiger partial charge is 0.394 e. The van der Waals surface area contributed by atoms with E-state index in [0.717, 1.165) is 25.7 Å². The number of carbonyl (C=O) groups is 1. The summed E-state index contributed by atoms with van der Waals surface area (Å²) in [5.41, 5.74) is 5.24. The van der Waals surface area contributed by atoms with Crippen LogP contribution in [0.2, 0.25) is 0 Å². The Morgan fingerprint density at radius 3 is 2.47 bits per heavy atom. The number of amides is 1. The van der Waals surface area contributed by atoms with Crippen molar-refractivity contribution < 1.29 is 9.90 Å².